The molecule has 0 saturated carbocycles. The van der Waals surface area contributed by atoms with E-state index < -0.39 is 17.4 Å². The Morgan fingerprint density at radius 3 is 2.57 bits per heavy atom. The molecular weight excluding hydrogens is 588 g/mol. The molecular formula is C33H23ClN2O8. The van der Waals surface area contributed by atoms with Gasteiger partial charge in [-0.2, -0.15) is 0 Å². The lowest BCUT2D eigenvalue weighted by Gasteiger charge is -2.20. The third-order valence-corrected chi connectivity index (χ3v) is 7.62. The number of nitrogens with one attached hydrogen (secondary N) is 1. The lowest BCUT2D eigenvalue weighted by atomic mass is 9.89. The van der Waals surface area contributed by atoms with E-state index in [1.54, 1.807) is 12.1 Å². The van der Waals surface area contributed by atoms with Crippen LogP contribution in [0.15, 0.2) is 82.0 Å². The van der Waals surface area contributed by atoms with Crippen molar-refractivity contribution >= 4 is 51.1 Å². The molecule has 0 bridgehead atoms. The number of fused-ring (bicyclic) bond motifs is 3. The number of aromatic nitrogens is 1. The quantitative estimate of drug-likeness (QED) is 0.134. The molecule has 0 amide bonds. The number of rotatable bonds is 7. The Bertz CT molecular complexity index is 2160. The number of carboxylic acids is 1. The highest BCUT2D eigenvalue weighted by atomic mass is 35.5. The number of halogens is 1. The molecule has 6 rings (SSSR count). The number of esters is 1. The van der Waals surface area contributed by atoms with Crippen LogP contribution in [0.1, 0.15) is 26.3 Å². The van der Waals surface area contributed by atoms with Gasteiger partial charge in [-0.25, -0.2) is 14.6 Å². The molecule has 10 nitrogen and oxygen atoms in total. The van der Waals surface area contributed by atoms with Crippen molar-refractivity contribution in [2.24, 2.45) is 0 Å². The fourth-order valence-electron chi connectivity index (χ4n) is 5.21. The van der Waals surface area contributed by atoms with E-state index in [0.717, 1.165) is 5.39 Å². The predicted octanol–water partition coefficient (Wildman–Crippen LogP) is 6.58. The zero-order chi connectivity index (χ0) is 31.1. The average molecular weight is 611 g/mol. The largest absolute Gasteiger partial charge is 0.507 e. The molecule has 0 fully saturated rings. The van der Waals surface area contributed by atoms with Gasteiger partial charge in [0, 0.05) is 40.6 Å². The first-order chi connectivity index (χ1) is 21.2. The number of aromatic carboxylic acids is 1. The summed E-state index contributed by atoms with van der Waals surface area (Å²) in [6.45, 7) is 0.0570. The van der Waals surface area contributed by atoms with Crippen molar-refractivity contribution in [1.29, 1.82) is 0 Å². The molecule has 1 aliphatic heterocycles. The van der Waals surface area contributed by atoms with Gasteiger partial charge in [0.2, 0.25) is 11.3 Å². The van der Waals surface area contributed by atoms with Gasteiger partial charge >= 0.3 is 11.9 Å². The molecule has 0 spiro atoms. The second-order valence-electron chi connectivity index (χ2n) is 9.84. The molecule has 0 atom stereocenters. The normalized spacial score (nSPS) is 11.2. The molecule has 0 radical (unpaired) electrons. The summed E-state index contributed by atoms with van der Waals surface area (Å²) in [4.78, 5) is 42.0. The number of anilines is 1. The van der Waals surface area contributed by atoms with Crippen LogP contribution in [-0.2, 0) is 11.3 Å². The Morgan fingerprint density at radius 1 is 1.00 bits per heavy atom. The molecule has 0 unspecified atom stereocenters. The maximum Gasteiger partial charge on any atom is 0.337 e. The van der Waals surface area contributed by atoms with E-state index in [0.29, 0.717) is 39.2 Å². The Hall–Kier alpha value is -5.61. The van der Waals surface area contributed by atoms with Crippen molar-refractivity contribution in [2.75, 3.05) is 19.5 Å². The number of hydrogen-bond donors (Lipinski definition) is 3. The number of phenols is 1. The lowest BCUT2D eigenvalue weighted by molar-refractivity contribution is 0.0598. The Morgan fingerprint density at radius 2 is 1.82 bits per heavy atom. The van der Waals surface area contributed by atoms with Crippen molar-refractivity contribution < 1.29 is 33.7 Å². The van der Waals surface area contributed by atoms with Crippen LogP contribution in [0.3, 0.4) is 0 Å². The summed E-state index contributed by atoms with van der Waals surface area (Å²) in [7, 11) is 2.75. The summed E-state index contributed by atoms with van der Waals surface area (Å²) in [6, 6.07) is 18.9. The highest BCUT2D eigenvalue weighted by Crippen LogP contribution is 2.44. The molecule has 11 heteroatoms. The summed E-state index contributed by atoms with van der Waals surface area (Å²) in [5.41, 5.74) is 2.14. The van der Waals surface area contributed by atoms with Crippen LogP contribution in [0.2, 0.25) is 5.02 Å². The van der Waals surface area contributed by atoms with E-state index >= 15 is 0 Å². The van der Waals surface area contributed by atoms with Gasteiger partial charge in [0.1, 0.15) is 17.1 Å². The third-order valence-electron chi connectivity index (χ3n) is 7.32. The summed E-state index contributed by atoms with van der Waals surface area (Å²) in [6.07, 6.45) is 0. The van der Waals surface area contributed by atoms with Crippen molar-refractivity contribution in [3.8, 4) is 34.1 Å². The molecule has 44 heavy (non-hydrogen) atoms. The zero-order valence-electron chi connectivity index (χ0n) is 23.3. The van der Waals surface area contributed by atoms with Crippen LogP contribution in [0, 0.1) is 0 Å². The van der Waals surface area contributed by atoms with Crippen LogP contribution in [0.5, 0.6) is 11.6 Å². The molecule has 3 aromatic carbocycles. The van der Waals surface area contributed by atoms with Gasteiger partial charge in [-0.1, -0.05) is 23.7 Å². The number of pyridine rings is 1. The number of aromatic hydroxyl groups is 1. The Labute approximate surface area is 254 Å². The van der Waals surface area contributed by atoms with Gasteiger partial charge in [0.15, 0.2) is 0 Å². The fraction of sp³-hybridized carbons (Fsp3) is 0.0909. The first-order valence-electron chi connectivity index (χ1n) is 13.2. The number of para-hydroxylation sites is 1. The summed E-state index contributed by atoms with van der Waals surface area (Å²) >= 11 is 6.24. The van der Waals surface area contributed by atoms with E-state index in [2.05, 4.69) is 10.3 Å². The van der Waals surface area contributed by atoms with Crippen LogP contribution >= 0.6 is 11.6 Å². The van der Waals surface area contributed by atoms with Gasteiger partial charge in [-0.15, -0.1) is 0 Å². The Kier molecular flexibility index (Phi) is 7.28. The number of methoxy groups -OCH3 is 2. The van der Waals surface area contributed by atoms with Crippen LogP contribution < -0.4 is 15.5 Å². The van der Waals surface area contributed by atoms with Gasteiger partial charge < -0.3 is 29.4 Å². The van der Waals surface area contributed by atoms with E-state index in [1.165, 1.54) is 50.6 Å². The zero-order valence-corrected chi connectivity index (χ0v) is 24.1. The number of phenolic OH excluding ortho intramolecular Hbond substituents is 1. The summed E-state index contributed by atoms with van der Waals surface area (Å²) < 4.78 is 16.4. The first-order valence-corrected chi connectivity index (χ1v) is 13.6. The second-order valence-corrected chi connectivity index (χ2v) is 10.2. The third kappa shape index (κ3) is 4.91. The molecule has 3 N–H and O–H groups in total. The van der Waals surface area contributed by atoms with E-state index in [9.17, 15) is 24.6 Å². The first kappa shape index (κ1) is 28.5. The number of carbonyl (C=O) groups is 2. The van der Waals surface area contributed by atoms with E-state index in [1.807, 2.05) is 24.3 Å². The number of ether oxygens (including phenoxy) is 2. The number of hydrogen-bond acceptors (Lipinski definition) is 9. The van der Waals surface area contributed by atoms with E-state index in [-0.39, 0.29) is 45.4 Å². The smallest absolute Gasteiger partial charge is 0.337 e. The van der Waals surface area contributed by atoms with Gasteiger partial charge in [0.05, 0.1) is 47.1 Å². The van der Waals surface area contributed by atoms with Crippen molar-refractivity contribution in [3.63, 3.8) is 0 Å². The minimum absolute atomic E-state index is 0.0570. The SMILES string of the molecule is COC(=O)c1ccc(C(=O)O)c(-c2c3cc(Cl)c(=O)cc-3oc3c(CNc4cccc5ccc(OC)nc45)c(O)ccc23)c1. The molecule has 2 aliphatic rings. The van der Waals surface area contributed by atoms with Crippen molar-refractivity contribution in [3.05, 3.63) is 105 Å². The minimum atomic E-state index is -1.25. The standard InChI is InChI=1S/C33H23ClN2O8/c1-42-28-11-7-16-4-3-5-24(30(16)36-28)35-15-22-25(37)10-9-19-29(21-13-23(34)26(38)14-27(21)44-31(19)22)20-12-17(33(41)43-2)6-8-18(20)32(39)40/h3-14,35,37H,15H2,1-2H3,(H,39,40). The fourth-order valence-corrected chi connectivity index (χ4v) is 5.38. The van der Waals surface area contributed by atoms with Crippen molar-refractivity contribution in [1.82, 2.24) is 4.98 Å². The predicted molar refractivity (Wildman–Crippen MR) is 165 cm³/mol. The van der Waals surface area contributed by atoms with Gasteiger partial charge in [-0.3, -0.25) is 4.79 Å². The van der Waals surface area contributed by atoms with Crippen LogP contribution in [-0.4, -0.2) is 41.4 Å². The molecule has 2 heterocycles. The Balaban J connectivity index is 1.61. The maximum atomic E-state index is 12.6. The molecule has 4 aromatic rings. The number of benzene rings is 4. The number of nitrogens with zero attached hydrogens (tertiary/aromatic N) is 1. The van der Waals surface area contributed by atoms with Gasteiger partial charge in [0.25, 0.3) is 0 Å². The second kappa shape index (κ2) is 11.2. The summed E-state index contributed by atoms with van der Waals surface area (Å²) in [5.74, 6) is -1.49. The average Bonchev–Trinajstić information content (AvgIpc) is 3.03. The highest BCUT2D eigenvalue weighted by Gasteiger charge is 2.26. The lowest BCUT2D eigenvalue weighted by Crippen LogP contribution is -2.08. The van der Waals surface area contributed by atoms with Crippen LogP contribution in [0.25, 0.3) is 44.3 Å². The topological polar surface area (TPSA) is 148 Å². The van der Waals surface area contributed by atoms with Crippen LogP contribution in [0.4, 0.5) is 5.69 Å². The molecule has 1 aliphatic carbocycles. The number of carbonyl (C=O) groups excluding carboxylic acids is 1. The van der Waals surface area contributed by atoms with E-state index in [4.69, 9.17) is 25.5 Å². The molecule has 220 valence electrons. The van der Waals surface area contributed by atoms with Gasteiger partial charge in [-0.05, 0) is 54.1 Å². The minimum Gasteiger partial charge on any atom is -0.507 e. The molecule has 0 saturated heterocycles. The monoisotopic (exact) mass is 610 g/mol. The number of carboxylic acid groups (broad SMARTS) is 1. The van der Waals surface area contributed by atoms with Crippen molar-refractivity contribution in [2.45, 2.75) is 6.54 Å². The highest BCUT2D eigenvalue weighted by molar-refractivity contribution is 6.31. The maximum absolute atomic E-state index is 12.6. The molecule has 1 aromatic heterocycles. The summed E-state index contributed by atoms with van der Waals surface area (Å²) in [5, 5.41) is 25.6.